The molecule has 4 aromatic rings. The summed E-state index contributed by atoms with van der Waals surface area (Å²) in [7, 11) is 1.58. The van der Waals surface area contributed by atoms with E-state index in [1.54, 1.807) is 33.2 Å². The maximum absolute atomic E-state index is 13.5. The molecule has 1 unspecified atom stereocenters. The highest BCUT2D eigenvalue weighted by atomic mass is 16.5. The number of ether oxygens (including phenoxy) is 2. The number of methoxy groups -OCH3 is 1. The number of aromatic nitrogens is 2. The first-order chi connectivity index (χ1) is 16.9. The lowest BCUT2D eigenvalue weighted by molar-refractivity contribution is 0.0528. The monoisotopic (exact) mass is 472 g/mol. The fourth-order valence-corrected chi connectivity index (χ4v) is 5.21. The molecule has 0 spiro atoms. The number of fused-ring (bicyclic) bond motifs is 4. The number of nitrogens with zero attached hydrogens (tertiary/aromatic N) is 2. The highest BCUT2D eigenvalue weighted by molar-refractivity contribution is 6.09. The second kappa shape index (κ2) is 8.74. The summed E-state index contributed by atoms with van der Waals surface area (Å²) in [4.78, 5) is 17.9. The average molecular weight is 473 g/mol. The number of aliphatic hydroxyl groups excluding tert-OH is 1. The molecular formula is C28H28N2O5. The van der Waals surface area contributed by atoms with Gasteiger partial charge >= 0.3 is 5.97 Å². The van der Waals surface area contributed by atoms with Crippen molar-refractivity contribution in [3.63, 3.8) is 0 Å². The molecule has 1 aliphatic rings. The Labute approximate surface area is 203 Å². The first-order valence-electron chi connectivity index (χ1n) is 11.7. The quantitative estimate of drug-likeness (QED) is 0.389. The second-order valence-corrected chi connectivity index (χ2v) is 8.77. The van der Waals surface area contributed by atoms with Crippen LogP contribution in [0.25, 0.3) is 33.3 Å². The van der Waals surface area contributed by atoms with E-state index in [1.165, 1.54) is 0 Å². The zero-order chi connectivity index (χ0) is 24.9. The zero-order valence-electron chi connectivity index (χ0n) is 20.3. The lowest BCUT2D eigenvalue weighted by Gasteiger charge is -2.24. The van der Waals surface area contributed by atoms with Gasteiger partial charge in [0.1, 0.15) is 17.0 Å². The van der Waals surface area contributed by atoms with Crippen molar-refractivity contribution in [2.45, 2.75) is 39.8 Å². The van der Waals surface area contributed by atoms with E-state index in [4.69, 9.17) is 9.47 Å². The van der Waals surface area contributed by atoms with Gasteiger partial charge in [0.25, 0.3) is 0 Å². The largest absolute Gasteiger partial charge is 0.506 e. The summed E-state index contributed by atoms with van der Waals surface area (Å²) in [6, 6.07) is 11.0. The molecule has 180 valence electrons. The minimum atomic E-state index is -0.679. The second-order valence-electron chi connectivity index (χ2n) is 8.77. The van der Waals surface area contributed by atoms with Gasteiger partial charge < -0.3 is 24.3 Å². The predicted molar refractivity (Wildman–Crippen MR) is 134 cm³/mol. The molecule has 7 heteroatoms. The van der Waals surface area contributed by atoms with Crippen molar-refractivity contribution in [3.05, 3.63) is 65.0 Å². The number of carbonyl (C=O) groups excluding carboxylic acids is 1. The van der Waals surface area contributed by atoms with Crippen molar-refractivity contribution in [1.82, 2.24) is 9.55 Å². The number of hydrogen-bond donors (Lipinski definition) is 2. The Hall–Kier alpha value is -3.84. The normalized spacial score (nSPS) is 13.3. The number of phenols is 1. The molecule has 35 heavy (non-hydrogen) atoms. The Morgan fingerprint density at radius 3 is 2.74 bits per heavy atom. The van der Waals surface area contributed by atoms with E-state index < -0.39 is 12.1 Å². The summed E-state index contributed by atoms with van der Waals surface area (Å²) < 4.78 is 13.3. The van der Waals surface area contributed by atoms with Crippen LogP contribution in [0.15, 0.2) is 42.6 Å². The third-order valence-corrected chi connectivity index (χ3v) is 6.79. The van der Waals surface area contributed by atoms with Crippen LogP contribution in [0, 0.1) is 6.92 Å². The Kier molecular flexibility index (Phi) is 5.73. The van der Waals surface area contributed by atoms with E-state index in [9.17, 15) is 15.0 Å². The number of hydrogen-bond acceptors (Lipinski definition) is 6. The third kappa shape index (κ3) is 3.54. The molecule has 2 aromatic heterocycles. The van der Waals surface area contributed by atoms with E-state index in [-0.39, 0.29) is 12.4 Å². The molecule has 0 bridgehead atoms. The highest BCUT2D eigenvalue weighted by Gasteiger charge is 2.33. The number of benzene rings is 2. The maximum Gasteiger partial charge on any atom is 0.340 e. The van der Waals surface area contributed by atoms with E-state index in [1.807, 2.05) is 37.3 Å². The highest BCUT2D eigenvalue weighted by Crippen LogP contribution is 2.46. The van der Waals surface area contributed by atoms with Crippen LogP contribution in [-0.4, -0.2) is 39.5 Å². The van der Waals surface area contributed by atoms with Gasteiger partial charge in [-0.1, -0.05) is 6.07 Å². The molecule has 0 aliphatic carbocycles. The molecule has 1 atom stereocenters. The van der Waals surface area contributed by atoms with Gasteiger partial charge in [0, 0.05) is 40.5 Å². The number of pyridine rings is 1. The van der Waals surface area contributed by atoms with Crippen LogP contribution >= 0.6 is 0 Å². The van der Waals surface area contributed by atoms with Gasteiger partial charge in [-0.2, -0.15) is 0 Å². The van der Waals surface area contributed by atoms with Gasteiger partial charge in [0.15, 0.2) is 0 Å². The lowest BCUT2D eigenvalue weighted by Crippen LogP contribution is -2.15. The predicted octanol–water partition coefficient (Wildman–Crippen LogP) is 5.18. The van der Waals surface area contributed by atoms with Crippen molar-refractivity contribution >= 4 is 16.9 Å². The van der Waals surface area contributed by atoms with E-state index in [2.05, 4.69) is 9.55 Å². The molecule has 5 rings (SSSR count). The molecule has 1 aliphatic heterocycles. The van der Waals surface area contributed by atoms with Crippen molar-refractivity contribution in [3.8, 4) is 33.9 Å². The van der Waals surface area contributed by atoms with Crippen LogP contribution in [0.4, 0.5) is 0 Å². The molecule has 0 amide bonds. The number of aryl methyl sites for hydroxylation is 1. The van der Waals surface area contributed by atoms with E-state index >= 15 is 0 Å². The maximum atomic E-state index is 13.5. The number of rotatable bonds is 5. The van der Waals surface area contributed by atoms with E-state index in [0.717, 1.165) is 51.0 Å². The summed E-state index contributed by atoms with van der Waals surface area (Å²) in [6.45, 7) is 6.44. The number of aromatic hydroxyl groups is 1. The van der Waals surface area contributed by atoms with Crippen molar-refractivity contribution in [1.29, 1.82) is 0 Å². The summed E-state index contributed by atoms with van der Waals surface area (Å²) in [5, 5.41) is 21.4. The van der Waals surface area contributed by atoms with Crippen LogP contribution < -0.4 is 4.74 Å². The van der Waals surface area contributed by atoms with Crippen LogP contribution in [0.1, 0.15) is 47.1 Å². The first kappa shape index (κ1) is 22.9. The minimum absolute atomic E-state index is 0.0874. The van der Waals surface area contributed by atoms with Crippen molar-refractivity contribution < 1.29 is 24.5 Å². The molecule has 7 nitrogen and oxygen atoms in total. The van der Waals surface area contributed by atoms with Gasteiger partial charge in [-0.25, -0.2) is 4.79 Å². The van der Waals surface area contributed by atoms with Crippen molar-refractivity contribution in [2.24, 2.45) is 0 Å². The summed E-state index contributed by atoms with van der Waals surface area (Å²) in [6.07, 6.45) is 1.71. The number of esters is 1. The molecule has 3 heterocycles. The standard InChI is InChI=1S/C28H28N2O5/c1-5-35-28(33)25-24(18-8-9-22(32)26-19(18)7-6-11-29-26)15(2)30-12-10-17-13-20(16(3)31)23(34-4)14-21(17)27(25)30/h6-9,11,13-14,16,31-32H,5,10,12H2,1-4H3. The Morgan fingerprint density at radius 2 is 2.03 bits per heavy atom. The van der Waals surface area contributed by atoms with Crippen molar-refractivity contribution in [2.75, 3.05) is 13.7 Å². The zero-order valence-corrected chi connectivity index (χ0v) is 20.3. The molecule has 2 N–H and O–H groups in total. The summed E-state index contributed by atoms with van der Waals surface area (Å²) in [5.74, 6) is 0.252. The SMILES string of the molecule is CCOC(=O)c1c(-c2ccc(O)c3ncccc23)c(C)n2c1-c1cc(OC)c(C(C)O)cc1CC2. The van der Waals surface area contributed by atoms with E-state index in [0.29, 0.717) is 23.4 Å². The Morgan fingerprint density at radius 1 is 1.23 bits per heavy atom. The van der Waals surface area contributed by atoms with Gasteiger partial charge in [-0.05, 0) is 68.7 Å². The number of aliphatic hydroxyl groups is 1. The van der Waals surface area contributed by atoms with Gasteiger partial charge in [0.05, 0.1) is 31.1 Å². The topological polar surface area (TPSA) is 93.8 Å². The number of phenolic OH excluding ortho intramolecular Hbond substituents is 1. The van der Waals surface area contributed by atoms with Gasteiger partial charge in [-0.15, -0.1) is 0 Å². The fraction of sp³-hybridized carbons (Fsp3) is 0.286. The van der Waals surface area contributed by atoms with Crippen LogP contribution in [0.5, 0.6) is 11.5 Å². The smallest absolute Gasteiger partial charge is 0.340 e. The summed E-state index contributed by atoms with van der Waals surface area (Å²) in [5.41, 5.74) is 6.89. The molecule has 0 radical (unpaired) electrons. The molecular weight excluding hydrogens is 444 g/mol. The Bertz CT molecular complexity index is 1470. The average Bonchev–Trinajstić information content (AvgIpc) is 3.16. The minimum Gasteiger partial charge on any atom is -0.506 e. The Balaban J connectivity index is 1.86. The van der Waals surface area contributed by atoms with Gasteiger partial charge in [-0.3, -0.25) is 4.98 Å². The van der Waals surface area contributed by atoms with Crippen LogP contribution in [0.2, 0.25) is 0 Å². The van der Waals surface area contributed by atoms with Crippen LogP contribution in [0.3, 0.4) is 0 Å². The summed E-state index contributed by atoms with van der Waals surface area (Å²) >= 11 is 0. The molecule has 0 saturated heterocycles. The fourth-order valence-electron chi connectivity index (χ4n) is 5.21. The molecule has 0 saturated carbocycles. The molecule has 0 fully saturated rings. The third-order valence-electron chi connectivity index (χ3n) is 6.79. The van der Waals surface area contributed by atoms with Crippen LogP contribution in [-0.2, 0) is 17.7 Å². The first-order valence-corrected chi connectivity index (χ1v) is 11.7. The van der Waals surface area contributed by atoms with Gasteiger partial charge in [0.2, 0.25) is 0 Å². The lowest BCUT2D eigenvalue weighted by atomic mass is 9.90. The number of carbonyl (C=O) groups is 1. The molecule has 2 aromatic carbocycles.